The second-order valence-corrected chi connectivity index (χ2v) is 6.73. The second kappa shape index (κ2) is 7.26. The lowest BCUT2D eigenvalue weighted by Crippen LogP contribution is -2.15. The molecule has 0 spiro atoms. The van der Waals surface area contributed by atoms with Crippen molar-refractivity contribution in [1.29, 1.82) is 0 Å². The number of hydrogen-bond donors (Lipinski definition) is 0. The van der Waals surface area contributed by atoms with E-state index in [-0.39, 0.29) is 36.0 Å². The maximum absolute atomic E-state index is 13.9. The number of aromatic nitrogens is 3. The molecule has 2 heterocycles. The van der Waals surface area contributed by atoms with Gasteiger partial charge in [-0.15, -0.1) is 0 Å². The zero-order valence-corrected chi connectivity index (χ0v) is 15.2. The van der Waals surface area contributed by atoms with Crippen LogP contribution in [0.4, 0.5) is 13.2 Å². The molecule has 1 aliphatic carbocycles. The van der Waals surface area contributed by atoms with Crippen LogP contribution < -0.4 is 0 Å². The molecule has 0 amide bonds. The number of esters is 1. The second-order valence-electron chi connectivity index (χ2n) is 6.73. The number of pyridine rings is 1. The van der Waals surface area contributed by atoms with Crippen molar-refractivity contribution in [3.8, 4) is 11.3 Å². The van der Waals surface area contributed by atoms with E-state index in [1.807, 2.05) is 0 Å². The summed E-state index contributed by atoms with van der Waals surface area (Å²) in [6, 6.07) is 6.77. The van der Waals surface area contributed by atoms with Crippen LogP contribution in [0.5, 0.6) is 0 Å². The molecule has 0 saturated heterocycles. The zero-order valence-electron chi connectivity index (χ0n) is 15.2. The highest BCUT2D eigenvalue weighted by Crippen LogP contribution is 2.45. The first-order valence-electron chi connectivity index (χ1n) is 9.09. The lowest BCUT2D eigenvalue weighted by atomic mass is 10.0. The summed E-state index contributed by atoms with van der Waals surface area (Å²) >= 11 is 0. The SMILES string of the molecule is CCOC(=O)Cn1nc(C2CC2)c2c(C(F)F)cc(-c3ccc(F)cc3)nc21. The van der Waals surface area contributed by atoms with Crippen LogP contribution in [0.2, 0.25) is 0 Å². The molecule has 0 unspecified atom stereocenters. The molecule has 0 aliphatic heterocycles. The van der Waals surface area contributed by atoms with Crippen molar-refractivity contribution < 1.29 is 22.7 Å². The molecule has 8 heteroatoms. The van der Waals surface area contributed by atoms with Gasteiger partial charge in [-0.2, -0.15) is 5.10 Å². The maximum atomic E-state index is 13.9. The summed E-state index contributed by atoms with van der Waals surface area (Å²) in [6.07, 6.45) is -0.996. The molecule has 1 saturated carbocycles. The normalized spacial score (nSPS) is 14.0. The third-order valence-electron chi connectivity index (χ3n) is 4.68. The first-order chi connectivity index (χ1) is 13.5. The molecule has 0 N–H and O–H groups in total. The van der Waals surface area contributed by atoms with Gasteiger partial charge in [-0.3, -0.25) is 4.79 Å². The average molecular weight is 389 g/mol. The Balaban J connectivity index is 1.91. The van der Waals surface area contributed by atoms with Crippen LogP contribution in [-0.2, 0) is 16.1 Å². The Kier molecular flexibility index (Phi) is 4.78. The topological polar surface area (TPSA) is 57.0 Å². The van der Waals surface area contributed by atoms with Gasteiger partial charge in [0.05, 0.1) is 23.4 Å². The van der Waals surface area contributed by atoms with Gasteiger partial charge in [-0.1, -0.05) is 0 Å². The van der Waals surface area contributed by atoms with Crippen molar-refractivity contribution in [3.05, 3.63) is 47.4 Å². The number of alkyl halides is 2. The maximum Gasteiger partial charge on any atom is 0.327 e. The fourth-order valence-electron chi connectivity index (χ4n) is 3.25. The minimum Gasteiger partial charge on any atom is -0.465 e. The number of nitrogens with zero attached hydrogens (tertiary/aromatic N) is 3. The van der Waals surface area contributed by atoms with E-state index in [9.17, 15) is 18.0 Å². The Morgan fingerprint density at radius 3 is 2.61 bits per heavy atom. The van der Waals surface area contributed by atoms with E-state index < -0.39 is 18.2 Å². The Hall–Kier alpha value is -2.90. The van der Waals surface area contributed by atoms with Crippen LogP contribution in [-0.4, -0.2) is 27.3 Å². The molecule has 1 aromatic carbocycles. The van der Waals surface area contributed by atoms with Crippen molar-refractivity contribution >= 4 is 17.0 Å². The highest BCUT2D eigenvalue weighted by atomic mass is 19.3. The van der Waals surface area contributed by atoms with E-state index in [2.05, 4.69) is 10.1 Å². The first-order valence-corrected chi connectivity index (χ1v) is 9.09. The predicted molar refractivity (Wildman–Crippen MR) is 96.5 cm³/mol. The van der Waals surface area contributed by atoms with Crippen molar-refractivity contribution in [2.24, 2.45) is 0 Å². The van der Waals surface area contributed by atoms with Crippen LogP contribution in [0.3, 0.4) is 0 Å². The predicted octanol–water partition coefficient (Wildman–Crippen LogP) is 4.62. The van der Waals surface area contributed by atoms with Gasteiger partial charge >= 0.3 is 5.97 Å². The Labute approximate surface area is 159 Å². The molecule has 5 nitrogen and oxygen atoms in total. The van der Waals surface area contributed by atoms with Gasteiger partial charge in [0.25, 0.3) is 6.43 Å². The third-order valence-corrected chi connectivity index (χ3v) is 4.68. The number of carbonyl (C=O) groups is 1. The molecular formula is C20H18F3N3O2. The molecule has 28 heavy (non-hydrogen) atoms. The van der Waals surface area contributed by atoms with Crippen LogP contribution in [0.15, 0.2) is 30.3 Å². The molecule has 1 fully saturated rings. The minimum absolute atomic E-state index is 0.0990. The summed E-state index contributed by atoms with van der Waals surface area (Å²) < 4.78 is 47.3. The highest BCUT2D eigenvalue weighted by Gasteiger charge is 2.33. The fourth-order valence-corrected chi connectivity index (χ4v) is 3.25. The van der Waals surface area contributed by atoms with E-state index in [4.69, 9.17) is 4.74 Å². The van der Waals surface area contributed by atoms with Gasteiger partial charge in [-0.05, 0) is 50.1 Å². The molecule has 3 aromatic rings. The van der Waals surface area contributed by atoms with Gasteiger partial charge in [-0.25, -0.2) is 22.8 Å². The summed E-state index contributed by atoms with van der Waals surface area (Å²) in [5, 5.41) is 4.72. The summed E-state index contributed by atoms with van der Waals surface area (Å²) in [4.78, 5) is 16.5. The zero-order chi connectivity index (χ0) is 19.8. The molecule has 2 aromatic heterocycles. The molecule has 4 rings (SSSR count). The standard InChI is InChI=1S/C20H18F3N3O2/c1-2-28-16(27)10-26-20-17(18(25-26)12-3-4-12)14(19(22)23)9-15(24-20)11-5-7-13(21)8-6-11/h5-9,12,19H,2-4,10H2,1H3. The number of ether oxygens (including phenoxy) is 1. The average Bonchev–Trinajstić information content (AvgIpc) is 3.45. The van der Waals surface area contributed by atoms with Gasteiger partial charge in [0.2, 0.25) is 0 Å². The molecule has 0 radical (unpaired) electrons. The molecule has 0 bridgehead atoms. The van der Waals surface area contributed by atoms with Gasteiger partial charge < -0.3 is 4.74 Å². The lowest BCUT2D eigenvalue weighted by Gasteiger charge is -2.09. The third kappa shape index (κ3) is 3.46. The van der Waals surface area contributed by atoms with Gasteiger partial charge in [0.15, 0.2) is 5.65 Å². The van der Waals surface area contributed by atoms with Crippen molar-refractivity contribution in [2.45, 2.75) is 38.7 Å². The van der Waals surface area contributed by atoms with Crippen LogP contribution in [0.25, 0.3) is 22.3 Å². The minimum atomic E-state index is -2.73. The molecule has 146 valence electrons. The molecule has 0 atom stereocenters. The van der Waals surface area contributed by atoms with E-state index in [1.54, 1.807) is 6.92 Å². The first kappa shape index (κ1) is 18.5. The highest BCUT2D eigenvalue weighted by molar-refractivity contribution is 5.87. The Morgan fingerprint density at radius 2 is 2.00 bits per heavy atom. The number of hydrogen-bond acceptors (Lipinski definition) is 4. The van der Waals surface area contributed by atoms with Crippen molar-refractivity contribution in [3.63, 3.8) is 0 Å². The van der Waals surface area contributed by atoms with E-state index in [0.29, 0.717) is 16.6 Å². The lowest BCUT2D eigenvalue weighted by molar-refractivity contribution is -0.143. The smallest absolute Gasteiger partial charge is 0.327 e. The molecular weight excluding hydrogens is 371 g/mol. The number of halogens is 3. The fraction of sp³-hybridized carbons (Fsp3) is 0.350. The largest absolute Gasteiger partial charge is 0.465 e. The summed E-state index contributed by atoms with van der Waals surface area (Å²) in [5.74, 6) is -0.842. The monoisotopic (exact) mass is 389 g/mol. The Morgan fingerprint density at radius 1 is 1.29 bits per heavy atom. The molecule has 1 aliphatic rings. The summed E-state index contributed by atoms with van der Waals surface area (Å²) in [5.41, 5.74) is 1.36. The van der Waals surface area contributed by atoms with E-state index in [0.717, 1.165) is 12.8 Å². The number of benzene rings is 1. The quantitative estimate of drug-likeness (QED) is 0.578. The number of carbonyl (C=O) groups excluding carboxylic acids is 1. The van der Waals surface area contributed by atoms with Crippen LogP contribution >= 0.6 is 0 Å². The summed E-state index contributed by atoms with van der Waals surface area (Å²) in [6.45, 7) is 1.69. The summed E-state index contributed by atoms with van der Waals surface area (Å²) in [7, 11) is 0. The van der Waals surface area contributed by atoms with Crippen LogP contribution in [0, 0.1) is 5.82 Å². The number of rotatable bonds is 6. The number of fused-ring (bicyclic) bond motifs is 1. The van der Waals surface area contributed by atoms with E-state index in [1.165, 1.54) is 35.0 Å². The van der Waals surface area contributed by atoms with Gasteiger partial charge in [0.1, 0.15) is 12.4 Å². The van der Waals surface area contributed by atoms with Gasteiger partial charge in [0, 0.05) is 17.0 Å². The van der Waals surface area contributed by atoms with Crippen molar-refractivity contribution in [2.75, 3.05) is 6.61 Å². The van der Waals surface area contributed by atoms with E-state index >= 15 is 0 Å². The Bertz CT molecular complexity index is 1030. The van der Waals surface area contributed by atoms with Crippen molar-refractivity contribution in [1.82, 2.24) is 14.8 Å². The van der Waals surface area contributed by atoms with Crippen LogP contribution in [0.1, 0.15) is 43.4 Å².